The molecule has 1 aromatic carbocycles. The largest absolute Gasteiger partial charge is 0.480 e. The van der Waals surface area contributed by atoms with Gasteiger partial charge in [0.15, 0.2) is 0 Å². The number of fused-ring (bicyclic) bond motifs is 2. The molecule has 1 aliphatic heterocycles. The molecule has 0 spiro atoms. The maximum atomic E-state index is 12.7. The Kier molecular flexibility index (Phi) is 5.06. The minimum absolute atomic E-state index is 0.0721. The van der Waals surface area contributed by atoms with Gasteiger partial charge in [0.05, 0.1) is 10.9 Å². The fourth-order valence-electron chi connectivity index (χ4n) is 3.35. The molecule has 1 amide bonds. The van der Waals surface area contributed by atoms with Crippen LogP contribution in [0.15, 0.2) is 23.0 Å². The van der Waals surface area contributed by atoms with Crippen molar-refractivity contribution in [1.82, 2.24) is 14.5 Å². The summed E-state index contributed by atoms with van der Waals surface area (Å²) >= 11 is 0. The molecule has 0 radical (unpaired) electrons. The summed E-state index contributed by atoms with van der Waals surface area (Å²) in [6.07, 6.45) is 3.79. The molecular formula is C19H23N3O4. The fraction of sp³-hybridized carbons (Fsp3) is 0.474. The average Bonchev–Trinajstić information content (AvgIpc) is 2.84. The van der Waals surface area contributed by atoms with Crippen LogP contribution in [-0.4, -0.2) is 44.0 Å². The Hall–Kier alpha value is -2.70. The molecule has 3 rings (SSSR count). The highest BCUT2D eigenvalue weighted by molar-refractivity contribution is 5.99. The number of aryl methyl sites for hydroxylation is 1. The monoisotopic (exact) mass is 357 g/mol. The van der Waals surface area contributed by atoms with Gasteiger partial charge in [-0.05, 0) is 44.9 Å². The number of benzene rings is 1. The number of amides is 1. The summed E-state index contributed by atoms with van der Waals surface area (Å²) in [7, 11) is 0. The summed E-state index contributed by atoms with van der Waals surface area (Å²) in [5.74, 6) is -0.675. The second-order valence-electron chi connectivity index (χ2n) is 6.95. The summed E-state index contributed by atoms with van der Waals surface area (Å²) in [6.45, 7) is 3.85. The molecular weight excluding hydrogens is 334 g/mol. The molecule has 0 unspecified atom stereocenters. The van der Waals surface area contributed by atoms with Gasteiger partial charge < -0.3 is 10.0 Å². The van der Waals surface area contributed by atoms with E-state index in [0.29, 0.717) is 23.0 Å². The first-order valence-corrected chi connectivity index (χ1v) is 8.94. The summed E-state index contributed by atoms with van der Waals surface area (Å²) in [6, 6.07) is 4.55. The van der Waals surface area contributed by atoms with Crippen LogP contribution in [0.2, 0.25) is 0 Å². The molecule has 0 saturated carbocycles. The van der Waals surface area contributed by atoms with Gasteiger partial charge in [0, 0.05) is 24.6 Å². The van der Waals surface area contributed by atoms with E-state index in [-0.39, 0.29) is 24.1 Å². The molecule has 0 fully saturated rings. The lowest BCUT2D eigenvalue weighted by Crippen LogP contribution is -2.40. The molecule has 7 nitrogen and oxygen atoms in total. The summed E-state index contributed by atoms with van der Waals surface area (Å²) in [5, 5.41) is 9.53. The van der Waals surface area contributed by atoms with E-state index in [4.69, 9.17) is 5.11 Å². The molecule has 1 aliphatic rings. The van der Waals surface area contributed by atoms with Crippen molar-refractivity contribution in [2.45, 2.75) is 52.1 Å². The zero-order chi connectivity index (χ0) is 18.8. The summed E-state index contributed by atoms with van der Waals surface area (Å²) in [4.78, 5) is 42.5. The Morgan fingerprint density at radius 2 is 2.04 bits per heavy atom. The number of rotatable bonds is 4. The van der Waals surface area contributed by atoms with Crippen molar-refractivity contribution in [1.29, 1.82) is 0 Å². The van der Waals surface area contributed by atoms with Crippen LogP contribution in [0.3, 0.4) is 0 Å². The van der Waals surface area contributed by atoms with Crippen molar-refractivity contribution in [3.63, 3.8) is 0 Å². The van der Waals surface area contributed by atoms with Crippen molar-refractivity contribution in [3.8, 4) is 0 Å². The van der Waals surface area contributed by atoms with E-state index in [9.17, 15) is 14.4 Å². The van der Waals surface area contributed by atoms with Gasteiger partial charge in [-0.3, -0.25) is 19.0 Å². The first-order chi connectivity index (χ1) is 12.4. The second kappa shape index (κ2) is 7.27. The van der Waals surface area contributed by atoms with Crippen LogP contribution < -0.4 is 5.56 Å². The lowest BCUT2D eigenvalue weighted by Gasteiger charge is -2.25. The Balaban J connectivity index is 2.05. The molecule has 2 aromatic rings. The smallest absolute Gasteiger partial charge is 0.323 e. The zero-order valence-corrected chi connectivity index (χ0v) is 15.1. The van der Waals surface area contributed by atoms with Gasteiger partial charge in [0.25, 0.3) is 11.5 Å². The van der Waals surface area contributed by atoms with Gasteiger partial charge in [0.2, 0.25) is 0 Å². The van der Waals surface area contributed by atoms with E-state index in [1.54, 1.807) is 36.6 Å². The molecule has 1 aromatic heterocycles. The maximum Gasteiger partial charge on any atom is 0.323 e. The van der Waals surface area contributed by atoms with E-state index < -0.39 is 5.97 Å². The van der Waals surface area contributed by atoms with E-state index in [1.165, 1.54) is 4.90 Å². The van der Waals surface area contributed by atoms with Gasteiger partial charge in [-0.1, -0.05) is 6.42 Å². The van der Waals surface area contributed by atoms with E-state index >= 15 is 0 Å². The highest BCUT2D eigenvalue weighted by atomic mass is 16.4. The zero-order valence-electron chi connectivity index (χ0n) is 15.1. The van der Waals surface area contributed by atoms with Gasteiger partial charge in [-0.2, -0.15) is 0 Å². The number of carboxylic acid groups (broad SMARTS) is 1. The minimum atomic E-state index is -1.06. The van der Waals surface area contributed by atoms with Crippen LogP contribution in [0.25, 0.3) is 10.9 Å². The van der Waals surface area contributed by atoms with Crippen LogP contribution in [0, 0.1) is 0 Å². The van der Waals surface area contributed by atoms with Crippen LogP contribution in [0.1, 0.15) is 49.3 Å². The molecule has 0 aliphatic carbocycles. The van der Waals surface area contributed by atoms with Gasteiger partial charge >= 0.3 is 5.97 Å². The third kappa shape index (κ3) is 3.47. The number of nitrogens with zero attached hydrogens (tertiary/aromatic N) is 3. The van der Waals surface area contributed by atoms with E-state index in [0.717, 1.165) is 31.5 Å². The number of carboxylic acids is 1. The van der Waals surface area contributed by atoms with Crippen molar-refractivity contribution >= 4 is 22.8 Å². The molecule has 1 N–H and O–H groups in total. The van der Waals surface area contributed by atoms with Crippen LogP contribution in [-0.2, 0) is 17.8 Å². The Morgan fingerprint density at radius 1 is 1.27 bits per heavy atom. The fourth-order valence-corrected chi connectivity index (χ4v) is 3.35. The quantitative estimate of drug-likeness (QED) is 0.904. The predicted octanol–water partition coefficient (Wildman–Crippen LogP) is 2.06. The van der Waals surface area contributed by atoms with Crippen molar-refractivity contribution in [3.05, 3.63) is 39.9 Å². The number of carbonyl (C=O) groups is 2. The average molecular weight is 357 g/mol. The van der Waals surface area contributed by atoms with Crippen molar-refractivity contribution in [2.75, 3.05) is 6.54 Å². The number of hydrogen-bond donors (Lipinski definition) is 1. The number of aliphatic carboxylic acids is 1. The van der Waals surface area contributed by atoms with E-state index in [1.807, 2.05) is 0 Å². The Bertz CT molecular complexity index is 917. The highest BCUT2D eigenvalue weighted by Gasteiger charge is 2.22. The van der Waals surface area contributed by atoms with E-state index in [2.05, 4.69) is 4.98 Å². The first kappa shape index (κ1) is 18.1. The minimum Gasteiger partial charge on any atom is -0.480 e. The maximum absolute atomic E-state index is 12.7. The van der Waals surface area contributed by atoms with Crippen LogP contribution in [0.4, 0.5) is 0 Å². The standard InChI is InChI=1S/C19H23N3O4/c1-12(2)22(11-17(23)24)18(25)13-7-8-14-15(10-13)20-16-6-4-3-5-9-21(16)19(14)26/h7-8,10,12H,3-6,9,11H2,1-2H3,(H,23,24). The molecule has 7 heteroatoms. The molecule has 26 heavy (non-hydrogen) atoms. The SMILES string of the molecule is CC(C)N(CC(=O)O)C(=O)c1ccc2c(=O)n3c(nc2c1)CCCCC3. The Morgan fingerprint density at radius 3 is 2.73 bits per heavy atom. The highest BCUT2D eigenvalue weighted by Crippen LogP contribution is 2.18. The molecule has 2 heterocycles. The lowest BCUT2D eigenvalue weighted by atomic mass is 10.1. The lowest BCUT2D eigenvalue weighted by molar-refractivity contribution is -0.138. The van der Waals surface area contributed by atoms with Gasteiger partial charge in [0.1, 0.15) is 12.4 Å². The third-order valence-corrected chi connectivity index (χ3v) is 4.75. The molecule has 0 atom stereocenters. The third-order valence-electron chi connectivity index (χ3n) is 4.75. The van der Waals surface area contributed by atoms with Crippen molar-refractivity contribution in [2.24, 2.45) is 0 Å². The molecule has 138 valence electrons. The molecule has 0 saturated heterocycles. The van der Waals surface area contributed by atoms with Gasteiger partial charge in [-0.25, -0.2) is 4.98 Å². The summed E-state index contributed by atoms with van der Waals surface area (Å²) < 4.78 is 1.74. The van der Waals surface area contributed by atoms with Crippen molar-refractivity contribution < 1.29 is 14.7 Å². The van der Waals surface area contributed by atoms with Crippen LogP contribution >= 0.6 is 0 Å². The predicted molar refractivity (Wildman–Crippen MR) is 97.4 cm³/mol. The molecule has 0 bridgehead atoms. The number of hydrogen-bond acceptors (Lipinski definition) is 4. The normalized spacial score (nSPS) is 14.1. The van der Waals surface area contributed by atoms with Gasteiger partial charge in [-0.15, -0.1) is 0 Å². The number of aromatic nitrogens is 2. The first-order valence-electron chi connectivity index (χ1n) is 8.94. The summed E-state index contributed by atoms with van der Waals surface area (Å²) in [5.41, 5.74) is 0.767. The second-order valence-corrected chi connectivity index (χ2v) is 6.95. The Labute approximate surface area is 151 Å². The number of carbonyl (C=O) groups excluding carboxylic acids is 1. The van der Waals surface area contributed by atoms with Crippen LogP contribution in [0.5, 0.6) is 0 Å². The topological polar surface area (TPSA) is 92.5 Å².